The van der Waals surface area contributed by atoms with E-state index in [1.54, 1.807) is 24.3 Å². The Bertz CT molecular complexity index is 1110. The molecule has 0 aliphatic rings. The first-order chi connectivity index (χ1) is 14.3. The van der Waals surface area contributed by atoms with Crippen LogP contribution in [0.4, 0.5) is 11.4 Å². The zero-order chi connectivity index (χ0) is 21.7. The van der Waals surface area contributed by atoms with Crippen LogP contribution in [0.25, 0.3) is 0 Å². The third kappa shape index (κ3) is 4.54. The summed E-state index contributed by atoms with van der Waals surface area (Å²) < 4.78 is 27.0. The van der Waals surface area contributed by atoms with Gasteiger partial charge < -0.3 is 5.32 Å². The number of hydrogen-bond donors (Lipinski definition) is 1. The molecule has 156 valence electrons. The molecule has 0 aromatic heterocycles. The Morgan fingerprint density at radius 1 is 0.933 bits per heavy atom. The first kappa shape index (κ1) is 21.6. The van der Waals surface area contributed by atoms with Crippen LogP contribution in [0.3, 0.4) is 0 Å². The van der Waals surface area contributed by atoms with Crippen molar-refractivity contribution in [2.45, 2.75) is 31.1 Å². The van der Waals surface area contributed by atoms with Gasteiger partial charge >= 0.3 is 0 Å². The molecule has 0 radical (unpaired) electrons. The van der Waals surface area contributed by atoms with Crippen LogP contribution in [0, 0.1) is 0 Å². The van der Waals surface area contributed by atoms with Crippen LogP contribution >= 0.6 is 0 Å². The average molecular weight is 423 g/mol. The van der Waals surface area contributed by atoms with Crippen molar-refractivity contribution in [1.82, 2.24) is 0 Å². The summed E-state index contributed by atoms with van der Waals surface area (Å²) in [5, 5.41) is 2.95. The van der Waals surface area contributed by atoms with E-state index in [1.165, 1.54) is 35.6 Å². The highest BCUT2D eigenvalue weighted by Crippen LogP contribution is 2.27. The second kappa shape index (κ2) is 9.13. The number of anilines is 2. The standard InChI is InChI=1S/C24H26N2O3S/c1-4-18(2)22-12-8-9-13-23(22)25-24(27)19-14-16-21(17-15-19)30(28,29)26(3)20-10-6-5-7-11-20/h5-18H,4H2,1-3H3,(H,25,27)/t18-/m0/s1. The van der Waals surface area contributed by atoms with Crippen LogP contribution < -0.4 is 9.62 Å². The third-order valence-electron chi connectivity index (χ3n) is 5.25. The quantitative estimate of drug-likeness (QED) is 0.563. The number of carbonyl (C=O) groups is 1. The summed E-state index contributed by atoms with van der Waals surface area (Å²) in [6, 6.07) is 22.6. The largest absolute Gasteiger partial charge is 0.322 e. The van der Waals surface area contributed by atoms with E-state index in [1.807, 2.05) is 30.3 Å². The molecule has 30 heavy (non-hydrogen) atoms. The van der Waals surface area contributed by atoms with Crippen LogP contribution in [-0.2, 0) is 10.0 Å². The van der Waals surface area contributed by atoms with Gasteiger partial charge in [-0.25, -0.2) is 8.42 Å². The Balaban J connectivity index is 1.80. The number of benzene rings is 3. The molecule has 0 fully saturated rings. The lowest BCUT2D eigenvalue weighted by Gasteiger charge is -2.19. The summed E-state index contributed by atoms with van der Waals surface area (Å²) in [6.45, 7) is 4.22. The summed E-state index contributed by atoms with van der Waals surface area (Å²) in [7, 11) is -2.20. The normalized spacial score (nSPS) is 12.2. The van der Waals surface area contributed by atoms with Gasteiger partial charge in [-0.1, -0.05) is 50.2 Å². The maximum Gasteiger partial charge on any atom is 0.264 e. The van der Waals surface area contributed by atoms with Crippen molar-refractivity contribution in [3.63, 3.8) is 0 Å². The summed E-state index contributed by atoms with van der Waals surface area (Å²) in [6.07, 6.45) is 0.967. The molecular formula is C24H26N2O3S. The second-order valence-electron chi connectivity index (χ2n) is 7.18. The Morgan fingerprint density at radius 2 is 1.53 bits per heavy atom. The van der Waals surface area contributed by atoms with E-state index in [4.69, 9.17) is 0 Å². The van der Waals surface area contributed by atoms with Gasteiger partial charge in [0.1, 0.15) is 0 Å². The monoisotopic (exact) mass is 422 g/mol. The van der Waals surface area contributed by atoms with Crippen LogP contribution in [0.5, 0.6) is 0 Å². The van der Waals surface area contributed by atoms with E-state index in [2.05, 4.69) is 19.2 Å². The molecule has 3 aromatic carbocycles. The molecule has 1 atom stereocenters. The minimum absolute atomic E-state index is 0.130. The molecule has 3 rings (SSSR count). The van der Waals surface area contributed by atoms with Crippen molar-refractivity contribution in [2.75, 3.05) is 16.7 Å². The number of nitrogens with zero attached hydrogens (tertiary/aromatic N) is 1. The molecule has 3 aromatic rings. The fraction of sp³-hybridized carbons (Fsp3) is 0.208. The smallest absolute Gasteiger partial charge is 0.264 e. The molecule has 0 saturated carbocycles. The molecule has 0 bridgehead atoms. The SMILES string of the molecule is CC[C@H](C)c1ccccc1NC(=O)c1ccc(S(=O)(=O)N(C)c2ccccc2)cc1. The van der Waals surface area contributed by atoms with Gasteiger partial charge in [-0.15, -0.1) is 0 Å². The zero-order valence-corrected chi connectivity index (χ0v) is 18.2. The van der Waals surface area contributed by atoms with Crippen molar-refractivity contribution in [2.24, 2.45) is 0 Å². The summed E-state index contributed by atoms with van der Waals surface area (Å²) in [4.78, 5) is 12.9. The summed E-state index contributed by atoms with van der Waals surface area (Å²) >= 11 is 0. The molecule has 6 heteroatoms. The van der Waals surface area contributed by atoms with Gasteiger partial charge in [-0.3, -0.25) is 9.10 Å². The van der Waals surface area contributed by atoms with Gasteiger partial charge in [0.25, 0.3) is 15.9 Å². The van der Waals surface area contributed by atoms with Crippen LogP contribution in [0.2, 0.25) is 0 Å². The number of rotatable bonds is 7. The van der Waals surface area contributed by atoms with Crippen molar-refractivity contribution in [3.8, 4) is 0 Å². The number of amides is 1. The Morgan fingerprint density at radius 3 is 2.17 bits per heavy atom. The number of carbonyl (C=O) groups excluding carboxylic acids is 1. The third-order valence-corrected chi connectivity index (χ3v) is 7.05. The van der Waals surface area contributed by atoms with Gasteiger partial charge in [0.2, 0.25) is 0 Å². The minimum Gasteiger partial charge on any atom is -0.322 e. The maximum atomic E-state index is 12.9. The van der Waals surface area contributed by atoms with E-state index < -0.39 is 10.0 Å². The molecule has 5 nitrogen and oxygen atoms in total. The van der Waals surface area contributed by atoms with Gasteiger partial charge in [-0.05, 0) is 60.4 Å². The topological polar surface area (TPSA) is 66.5 Å². The Labute approximate surface area is 178 Å². The highest BCUT2D eigenvalue weighted by atomic mass is 32.2. The molecule has 0 spiro atoms. The van der Waals surface area contributed by atoms with E-state index in [-0.39, 0.29) is 10.8 Å². The first-order valence-corrected chi connectivity index (χ1v) is 11.3. The lowest BCUT2D eigenvalue weighted by molar-refractivity contribution is 0.102. The Hall–Kier alpha value is -3.12. The highest BCUT2D eigenvalue weighted by Gasteiger charge is 2.21. The zero-order valence-electron chi connectivity index (χ0n) is 17.4. The van der Waals surface area contributed by atoms with Gasteiger partial charge in [-0.2, -0.15) is 0 Å². The number of nitrogens with one attached hydrogen (secondary N) is 1. The lowest BCUT2D eigenvalue weighted by atomic mass is 9.97. The number of sulfonamides is 1. The van der Waals surface area contributed by atoms with Crippen LogP contribution in [0.15, 0.2) is 83.8 Å². The summed E-state index contributed by atoms with van der Waals surface area (Å²) in [5.41, 5.74) is 2.82. The van der Waals surface area contributed by atoms with E-state index in [9.17, 15) is 13.2 Å². The molecule has 1 amide bonds. The molecular weight excluding hydrogens is 396 g/mol. The highest BCUT2D eigenvalue weighted by molar-refractivity contribution is 7.92. The van der Waals surface area contributed by atoms with Crippen LogP contribution in [-0.4, -0.2) is 21.4 Å². The predicted octanol–water partition coefficient (Wildman–Crippen LogP) is 5.28. The fourth-order valence-electron chi connectivity index (χ4n) is 3.17. The average Bonchev–Trinajstić information content (AvgIpc) is 2.79. The van der Waals surface area contributed by atoms with Crippen molar-refractivity contribution < 1.29 is 13.2 Å². The second-order valence-corrected chi connectivity index (χ2v) is 9.15. The molecule has 0 aliphatic carbocycles. The van der Waals surface area contributed by atoms with E-state index in [0.29, 0.717) is 17.2 Å². The number of para-hydroxylation sites is 2. The Kier molecular flexibility index (Phi) is 6.57. The van der Waals surface area contributed by atoms with Gasteiger partial charge in [0.15, 0.2) is 0 Å². The molecule has 0 saturated heterocycles. The van der Waals surface area contributed by atoms with E-state index >= 15 is 0 Å². The van der Waals surface area contributed by atoms with E-state index in [0.717, 1.165) is 17.7 Å². The van der Waals surface area contributed by atoms with Crippen LogP contribution in [0.1, 0.15) is 42.1 Å². The summed E-state index contributed by atoms with van der Waals surface area (Å²) in [5.74, 6) is 0.0497. The maximum absolute atomic E-state index is 12.9. The van der Waals surface area contributed by atoms with Crippen molar-refractivity contribution in [1.29, 1.82) is 0 Å². The molecule has 0 unspecified atom stereocenters. The lowest BCUT2D eigenvalue weighted by Crippen LogP contribution is -2.26. The van der Waals surface area contributed by atoms with Gasteiger partial charge in [0.05, 0.1) is 10.6 Å². The van der Waals surface area contributed by atoms with Gasteiger partial charge in [0, 0.05) is 18.3 Å². The molecule has 0 aliphatic heterocycles. The van der Waals surface area contributed by atoms with Crippen molar-refractivity contribution in [3.05, 3.63) is 90.0 Å². The predicted molar refractivity (Wildman–Crippen MR) is 122 cm³/mol. The molecule has 1 N–H and O–H groups in total. The minimum atomic E-state index is -3.71. The first-order valence-electron chi connectivity index (χ1n) is 9.89. The van der Waals surface area contributed by atoms with Crippen molar-refractivity contribution >= 4 is 27.3 Å². The molecule has 0 heterocycles. The fourth-order valence-corrected chi connectivity index (χ4v) is 4.36. The number of hydrogen-bond acceptors (Lipinski definition) is 3.